The fourth-order valence-electron chi connectivity index (χ4n) is 4.42. The molecule has 1 aliphatic rings. The van der Waals surface area contributed by atoms with Gasteiger partial charge in [0.15, 0.2) is 0 Å². The van der Waals surface area contributed by atoms with Crippen LogP contribution in [0.25, 0.3) is 0 Å². The van der Waals surface area contributed by atoms with Crippen LogP contribution in [-0.2, 0) is 26.0 Å². The lowest BCUT2D eigenvalue weighted by atomic mass is 10.1. The first-order valence-corrected chi connectivity index (χ1v) is 14.2. The molecule has 2 aromatic rings. The predicted octanol–water partition coefficient (Wildman–Crippen LogP) is 1.85. The number of nitrogens with one attached hydrogen (secondary N) is 3. The van der Waals surface area contributed by atoms with Gasteiger partial charge in [-0.3, -0.25) is 14.4 Å². The van der Waals surface area contributed by atoms with E-state index < -0.39 is 34.1 Å². The average molecular weight is 529 g/mol. The van der Waals surface area contributed by atoms with Crippen molar-refractivity contribution in [2.45, 2.75) is 64.2 Å². The van der Waals surface area contributed by atoms with E-state index in [1.807, 2.05) is 44.2 Å². The van der Waals surface area contributed by atoms with Crippen LogP contribution in [0, 0.1) is 0 Å². The number of likely N-dealkylation sites (tertiary alicyclic amines) is 1. The topological polar surface area (TPSA) is 125 Å². The number of rotatable bonds is 11. The average Bonchev–Trinajstić information content (AvgIpc) is 3.30. The molecule has 0 radical (unpaired) electrons. The number of amides is 3. The van der Waals surface area contributed by atoms with Crippen LogP contribution >= 0.6 is 0 Å². The van der Waals surface area contributed by atoms with Crippen LogP contribution < -0.4 is 15.4 Å². The summed E-state index contributed by atoms with van der Waals surface area (Å²) in [6, 6.07) is 15.3. The molecule has 3 atom stereocenters. The Bertz CT molecular complexity index is 1170. The predicted molar refractivity (Wildman–Crippen MR) is 142 cm³/mol. The molecule has 3 amide bonds. The third-order valence-electron chi connectivity index (χ3n) is 6.18. The highest BCUT2D eigenvalue weighted by Gasteiger charge is 2.36. The third kappa shape index (κ3) is 8.40. The molecule has 0 unspecified atom stereocenters. The zero-order valence-corrected chi connectivity index (χ0v) is 22.3. The molecule has 9 nitrogen and oxygen atoms in total. The fraction of sp³-hybridized carbons (Fsp3) is 0.444. The first kappa shape index (κ1) is 28.3. The van der Waals surface area contributed by atoms with Gasteiger partial charge in [-0.05, 0) is 57.7 Å². The molecule has 1 aliphatic heterocycles. The Morgan fingerprint density at radius 1 is 0.946 bits per heavy atom. The van der Waals surface area contributed by atoms with Gasteiger partial charge in [0.25, 0.3) is 5.91 Å². The highest BCUT2D eigenvalue weighted by molar-refractivity contribution is 7.89. The van der Waals surface area contributed by atoms with Crippen molar-refractivity contribution in [2.24, 2.45) is 0 Å². The summed E-state index contributed by atoms with van der Waals surface area (Å²) < 4.78 is 28.9. The van der Waals surface area contributed by atoms with E-state index in [9.17, 15) is 22.8 Å². The molecule has 10 heteroatoms. The van der Waals surface area contributed by atoms with Crippen molar-refractivity contribution in [3.05, 3.63) is 71.8 Å². The highest BCUT2D eigenvalue weighted by Crippen LogP contribution is 2.20. The Hall–Kier alpha value is -3.24. The summed E-state index contributed by atoms with van der Waals surface area (Å²) in [6.07, 6.45) is 1.38. The van der Waals surface area contributed by atoms with E-state index in [1.165, 1.54) is 4.90 Å². The maximum absolute atomic E-state index is 13.2. The largest absolute Gasteiger partial charge is 0.353 e. The second-order valence-corrected chi connectivity index (χ2v) is 11.5. The van der Waals surface area contributed by atoms with Crippen LogP contribution in [0.4, 0.5) is 0 Å². The van der Waals surface area contributed by atoms with Crippen molar-refractivity contribution >= 4 is 27.7 Å². The van der Waals surface area contributed by atoms with Gasteiger partial charge >= 0.3 is 0 Å². The van der Waals surface area contributed by atoms with Crippen molar-refractivity contribution in [3.8, 4) is 0 Å². The third-order valence-corrected chi connectivity index (χ3v) is 7.65. The number of benzene rings is 2. The zero-order valence-electron chi connectivity index (χ0n) is 21.5. The second-order valence-electron chi connectivity index (χ2n) is 9.69. The minimum Gasteiger partial charge on any atom is -0.353 e. The van der Waals surface area contributed by atoms with Gasteiger partial charge in [-0.25, -0.2) is 13.1 Å². The standard InChI is InChI=1S/C27H36N4O5S/c1-19(2)28-26(33)24(17-21-11-6-4-7-12-21)30-37(35,36)18-23-15-10-16-31(23)27(34)20(3)29-25(32)22-13-8-5-9-14-22/h4-9,11-14,19-20,23-24,30H,10,15-18H2,1-3H3,(H,28,33)(H,29,32)/t20-,23-,24-/m0/s1. The number of carbonyl (C=O) groups is 3. The molecule has 1 fully saturated rings. The van der Waals surface area contributed by atoms with E-state index in [4.69, 9.17) is 0 Å². The molecule has 3 rings (SSSR count). The van der Waals surface area contributed by atoms with E-state index in [-0.39, 0.29) is 30.0 Å². The Kier molecular flexibility index (Phi) is 9.82. The molecule has 0 spiro atoms. The van der Waals surface area contributed by atoms with Crippen molar-refractivity contribution in [3.63, 3.8) is 0 Å². The smallest absolute Gasteiger partial charge is 0.251 e. The van der Waals surface area contributed by atoms with Crippen LogP contribution in [0.15, 0.2) is 60.7 Å². The lowest BCUT2D eigenvalue weighted by molar-refractivity contribution is -0.133. The molecule has 37 heavy (non-hydrogen) atoms. The molecule has 0 aliphatic carbocycles. The van der Waals surface area contributed by atoms with Gasteiger partial charge in [0.05, 0.1) is 5.75 Å². The van der Waals surface area contributed by atoms with Crippen LogP contribution in [0.5, 0.6) is 0 Å². The summed E-state index contributed by atoms with van der Waals surface area (Å²) in [5.74, 6) is -1.43. The van der Waals surface area contributed by atoms with Crippen molar-refractivity contribution < 1.29 is 22.8 Å². The van der Waals surface area contributed by atoms with Crippen LogP contribution in [-0.4, -0.2) is 67.5 Å². The van der Waals surface area contributed by atoms with Crippen LogP contribution in [0.1, 0.15) is 49.5 Å². The fourth-order valence-corrected chi connectivity index (χ4v) is 5.99. The van der Waals surface area contributed by atoms with Gasteiger partial charge in [-0.15, -0.1) is 0 Å². The summed E-state index contributed by atoms with van der Waals surface area (Å²) in [5.41, 5.74) is 1.27. The van der Waals surface area contributed by atoms with Gasteiger partial charge < -0.3 is 15.5 Å². The summed E-state index contributed by atoms with van der Waals surface area (Å²) >= 11 is 0. The Morgan fingerprint density at radius 3 is 2.19 bits per heavy atom. The SMILES string of the molecule is CC(C)NC(=O)[C@H](Cc1ccccc1)NS(=O)(=O)C[C@@H]1CCCN1C(=O)[C@H](C)NC(=O)c1ccccc1. The number of sulfonamides is 1. The number of hydrogen-bond acceptors (Lipinski definition) is 5. The minimum absolute atomic E-state index is 0.147. The molecule has 1 heterocycles. The van der Waals surface area contributed by atoms with Gasteiger partial charge in [0.1, 0.15) is 12.1 Å². The van der Waals surface area contributed by atoms with Gasteiger partial charge in [0, 0.05) is 24.2 Å². The summed E-state index contributed by atoms with van der Waals surface area (Å²) in [6.45, 7) is 5.63. The molecular formula is C27H36N4O5S. The molecule has 2 aromatic carbocycles. The molecule has 0 saturated carbocycles. The minimum atomic E-state index is -3.92. The number of carbonyl (C=O) groups excluding carboxylic acids is 3. The Morgan fingerprint density at radius 2 is 1.57 bits per heavy atom. The summed E-state index contributed by atoms with van der Waals surface area (Å²) in [4.78, 5) is 39.9. The summed E-state index contributed by atoms with van der Waals surface area (Å²) in [5, 5.41) is 5.48. The Balaban J connectivity index is 1.66. The first-order valence-electron chi connectivity index (χ1n) is 12.6. The molecule has 0 aromatic heterocycles. The highest BCUT2D eigenvalue weighted by atomic mass is 32.2. The monoisotopic (exact) mass is 528 g/mol. The van der Waals surface area contributed by atoms with Gasteiger partial charge in [0.2, 0.25) is 21.8 Å². The molecular weight excluding hydrogens is 492 g/mol. The quantitative estimate of drug-likeness (QED) is 0.411. The lowest BCUT2D eigenvalue weighted by Crippen LogP contribution is -2.53. The zero-order chi connectivity index (χ0) is 27.0. The van der Waals surface area contributed by atoms with Crippen LogP contribution in [0.2, 0.25) is 0 Å². The van der Waals surface area contributed by atoms with E-state index in [2.05, 4.69) is 15.4 Å². The van der Waals surface area contributed by atoms with Gasteiger partial charge in [-0.2, -0.15) is 0 Å². The lowest BCUT2D eigenvalue weighted by Gasteiger charge is -2.28. The second kappa shape index (κ2) is 12.8. The normalized spacial score (nSPS) is 17.3. The van der Waals surface area contributed by atoms with Gasteiger partial charge in [-0.1, -0.05) is 48.5 Å². The van der Waals surface area contributed by atoms with Crippen molar-refractivity contribution in [1.82, 2.24) is 20.3 Å². The number of hydrogen-bond donors (Lipinski definition) is 3. The molecule has 0 bridgehead atoms. The first-order chi connectivity index (χ1) is 17.6. The van der Waals surface area contributed by atoms with Crippen molar-refractivity contribution in [2.75, 3.05) is 12.3 Å². The van der Waals surface area contributed by atoms with E-state index >= 15 is 0 Å². The molecule has 200 valence electrons. The number of nitrogens with zero attached hydrogens (tertiary/aromatic N) is 1. The summed E-state index contributed by atoms with van der Waals surface area (Å²) in [7, 11) is -3.92. The Labute approximate surface area is 219 Å². The van der Waals surface area contributed by atoms with Crippen molar-refractivity contribution in [1.29, 1.82) is 0 Å². The van der Waals surface area contributed by atoms with E-state index in [0.717, 1.165) is 5.56 Å². The molecule has 3 N–H and O–H groups in total. The molecule has 1 saturated heterocycles. The van der Waals surface area contributed by atoms with Crippen LogP contribution in [0.3, 0.4) is 0 Å². The van der Waals surface area contributed by atoms with E-state index in [0.29, 0.717) is 24.9 Å². The van der Waals surface area contributed by atoms with E-state index in [1.54, 1.807) is 37.3 Å². The maximum atomic E-state index is 13.2. The maximum Gasteiger partial charge on any atom is 0.251 e.